The Labute approximate surface area is 180 Å². The first-order valence-corrected chi connectivity index (χ1v) is 8.93. The predicted octanol–water partition coefficient (Wildman–Crippen LogP) is 4.38. The second kappa shape index (κ2) is 10.5. The summed E-state index contributed by atoms with van der Waals surface area (Å²) in [7, 11) is 1.00. The molecule has 1 unspecified atom stereocenters. The molecule has 1 aliphatic heterocycles. The van der Waals surface area contributed by atoms with Crippen LogP contribution in [0.1, 0.15) is 24.0 Å². The number of nitrogens with zero attached hydrogens (tertiary/aromatic N) is 2. The first kappa shape index (κ1) is 25.9. The zero-order chi connectivity index (χ0) is 25.0. The molecule has 1 N–H and O–H groups in total. The van der Waals surface area contributed by atoms with Crippen LogP contribution in [0, 0.1) is 29.2 Å². The zero-order valence-electron chi connectivity index (χ0n) is 16.5. The van der Waals surface area contributed by atoms with Crippen molar-refractivity contribution in [3.05, 3.63) is 64.7 Å². The van der Waals surface area contributed by atoms with Gasteiger partial charge >= 0.3 is 0 Å². The number of alkyl halides is 4. The fourth-order valence-corrected chi connectivity index (χ4v) is 3.04. The molecule has 2 aromatic rings. The van der Waals surface area contributed by atoms with Crippen molar-refractivity contribution in [2.24, 2.45) is 11.0 Å². The Morgan fingerprint density at radius 1 is 0.970 bits per heavy atom. The van der Waals surface area contributed by atoms with Crippen LogP contribution < -0.4 is 5.01 Å². The van der Waals surface area contributed by atoms with E-state index in [0.29, 0.717) is 5.01 Å². The van der Waals surface area contributed by atoms with Crippen LogP contribution in [-0.2, 0) is 9.59 Å². The van der Waals surface area contributed by atoms with E-state index in [4.69, 9.17) is 5.11 Å². The van der Waals surface area contributed by atoms with E-state index in [1.165, 1.54) is 30.3 Å². The Kier molecular flexibility index (Phi) is 8.25. The van der Waals surface area contributed by atoms with Crippen molar-refractivity contribution in [2.75, 3.05) is 12.1 Å². The second-order valence-electron chi connectivity index (χ2n) is 6.33. The number of carbonyl (C=O) groups excluding carboxylic acids is 2. The highest BCUT2D eigenvalue weighted by atomic mass is 19.3. The van der Waals surface area contributed by atoms with Crippen LogP contribution in [0.5, 0.6) is 0 Å². The van der Waals surface area contributed by atoms with Gasteiger partial charge in [0.05, 0.1) is 28.4 Å². The van der Waals surface area contributed by atoms with Gasteiger partial charge in [0.1, 0.15) is 0 Å². The number of para-hydroxylation sites is 1. The minimum absolute atomic E-state index is 0.0149. The number of hydrogen-bond donors (Lipinski definition) is 1. The summed E-state index contributed by atoms with van der Waals surface area (Å²) in [5, 5.41) is 11.0. The van der Waals surface area contributed by atoms with Gasteiger partial charge in [0.2, 0.25) is 11.7 Å². The molecule has 0 aliphatic carbocycles. The number of ketones is 1. The summed E-state index contributed by atoms with van der Waals surface area (Å²) in [5.41, 5.74) is -5.18. The first-order chi connectivity index (χ1) is 15.6. The Balaban J connectivity index is 0.00000187. The normalized spacial score (nSPS) is 16.0. The van der Waals surface area contributed by atoms with Crippen molar-refractivity contribution in [2.45, 2.75) is 19.3 Å². The smallest absolute Gasteiger partial charge is 0.296 e. The summed E-state index contributed by atoms with van der Waals surface area (Å²) in [6.07, 6.45) is -8.71. The summed E-state index contributed by atoms with van der Waals surface area (Å²) < 4.78 is 109. The maximum Gasteiger partial charge on any atom is 0.296 e. The van der Waals surface area contributed by atoms with E-state index in [0.717, 1.165) is 7.11 Å². The summed E-state index contributed by atoms with van der Waals surface area (Å²) in [6.45, 7) is 0. The standard InChI is InChI=1S/C19H10F8N2O2.CH4O/c20-12-10(13(21)15(23)11(14(12)22)18(24)25)16-8(17(31)19(26)27)6-9(30)29(28-16)7-4-2-1-3-5-7;1-2/h1-5,8,18-19H,6H2;2H,1H3. The third-order valence-electron chi connectivity index (χ3n) is 4.48. The minimum atomic E-state index is -3.94. The number of benzene rings is 2. The fraction of sp³-hybridized carbons (Fsp3) is 0.250. The van der Waals surface area contributed by atoms with Crippen LogP contribution in [0.25, 0.3) is 0 Å². The minimum Gasteiger partial charge on any atom is -0.400 e. The average molecular weight is 482 g/mol. The van der Waals surface area contributed by atoms with Crippen LogP contribution in [0.2, 0.25) is 0 Å². The van der Waals surface area contributed by atoms with Crippen molar-refractivity contribution in [3.8, 4) is 0 Å². The number of anilines is 1. The molecule has 0 radical (unpaired) electrons. The van der Waals surface area contributed by atoms with Gasteiger partial charge in [-0.15, -0.1) is 0 Å². The second-order valence-corrected chi connectivity index (χ2v) is 6.33. The van der Waals surface area contributed by atoms with Crippen LogP contribution in [0.15, 0.2) is 35.4 Å². The molecule has 1 amide bonds. The van der Waals surface area contributed by atoms with Gasteiger partial charge in [-0.1, -0.05) is 18.2 Å². The molecule has 1 atom stereocenters. The Hall–Kier alpha value is -3.35. The van der Waals surface area contributed by atoms with Crippen molar-refractivity contribution >= 4 is 23.1 Å². The average Bonchev–Trinajstić information content (AvgIpc) is 2.79. The molecular formula is C20H14F8N2O3. The lowest BCUT2D eigenvalue weighted by Gasteiger charge is -2.29. The third-order valence-corrected chi connectivity index (χ3v) is 4.48. The largest absolute Gasteiger partial charge is 0.400 e. The number of amides is 1. The van der Waals surface area contributed by atoms with E-state index in [1.807, 2.05) is 0 Å². The van der Waals surface area contributed by atoms with E-state index >= 15 is 0 Å². The maximum absolute atomic E-state index is 14.5. The van der Waals surface area contributed by atoms with Gasteiger partial charge in [0.25, 0.3) is 12.9 Å². The van der Waals surface area contributed by atoms with Gasteiger partial charge in [-0.3, -0.25) is 9.59 Å². The summed E-state index contributed by atoms with van der Waals surface area (Å²) in [5.74, 6) is -15.0. The van der Waals surface area contributed by atoms with E-state index < -0.39 is 77.0 Å². The molecule has 3 rings (SSSR count). The van der Waals surface area contributed by atoms with Gasteiger partial charge in [-0.2, -0.15) is 5.10 Å². The summed E-state index contributed by atoms with van der Waals surface area (Å²) >= 11 is 0. The van der Waals surface area contributed by atoms with Gasteiger partial charge in [-0.25, -0.2) is 40.1 Å². The van der Waals surface area contributed by atoms with Crippen LogP contribution in [0.3, 0.4) is 0 Å². The number of aliphatic hydroxyl groups excluding tert-OH is 1. The van der Waals surface area contributed by atoms with E-state index in [-0.39, 0.29) is 5.69 Å². The van der Waals surface area contributed by atoms with Gasteiger partial charge < -0.3 is 5.11 Å². The predicted molar refractivity (Wildman–Crippen MR) is 99.0 cm³/mol. The molecule has 33 heavy (non-hydrogen) atoms. The number of hydrogen-bond acceptors (Lipinski definition) is 4. The first-order valence-electron chi connectivity index (χ1n) is 8.93. The quantitative estimate of drug-likeness (QED) is 0.508. The van der Waals surface area contributed by atoms with Crippen molar-refractivity contribution in [3.63, 3.8) is 0 Å². The van der Waals surface area contributed by atoms with Gasteiger partial charge in [-0.05, 0) is 12.1 Å². The topological polar surface area (TPSA) is 70.0 Å². The van der Waals surface area contributed by atoms with Crippen molar-refractivity contribution in [1.29, 1.82) is 0 Å². The van der Waals surface area contributed by atoms with Crippen LogP contribution in [-0.4, -0.2) is 36.0 Å². The van der Waals surface area contributed by atoms with E-state index in [2.05, 4.69) is 5.10 Å². The fourth-order valence-electron chi connectivity index (χ4n) is 3.04. The number of aliphatic hydroxyl groups is 1. The summed E-state index contributed by atoms with van der Waals surface area (Å²) in [6, 6.07) is 6.96. The van der Waals surface area contributed by atoms with E-state index in [1.54, 1.807) is 0 Å². The van der Waals surface area contributed by atoms with Crippen LogP contribution in [0.4, 0.5) is 40.8 Å². The Morgan fingerprint density at radius 2 is 1.48 bits per heavy atom. The molecule has 1 aliphatic rings. The lowest BCUT2D eigenvalue weighted by Crippen LogP contribution is -2.43. The molecule has 1 heterocycles. The molecule has 178 valence electrons. The van der Waals surface area contributed by atoms with E-state index in [9.17, 15) is 44.7 Å². The maximum atomic E-state index is 14.5. The summed E-state index contributed by atoms with van der Waals surface area (Å²) in [4.78, 5) is 24.2. The highest BCUT2D eigenvalue weighted by Gasteiger charge is 2.43. The highest BCUT2D eigenvalue weighted by Crippen LogP contribution is 2.35. The molecule has 2 aromatic carbocycles. The highest BCUT2D eigenvalue weighted by molar-refractivity contribution is 6.19. The molecular weight excluding hydrogens is 468 g/mol. The molecule has 0 fully saturated rings. The molecule has 0 aromatic heterocycles. The number of hydrazone groups is 1. The molecule has 5 nitrogen and oxygen atoms in total. The third kappa shape index (κ3) is 4.87. The molecule has 0 spiro atoms. The zero-order valence-corrected chi connectivity index (χ0v) is 16.5. The number of carbonyl (C=O) groups is 2. The van der Waals surface area contributed by atoms with Gasteiger partial charge in [0, 0.05) is 13.5 Å². The molecule has 0 saturated heterocycles. The van der Waals surface area contributed by atoms with Crippen molar-refractivity contribution < 1.29 is 49.8 Å². The lowest BCUT2D eigenvalue weighted by molar-refractivity contribution is -0.134. The molecule has 0 saturated carbocycles. The Bertz CT molecular complexity index is 1050. The number of halogens is 8. The Morgan fingerprint density at radius 3 is 1.94 bits per heavy atom. The number of Topliss-reactive ketones (excluding diaryl/α,β-unsaturated/α-hetero) is 1. The van der Waals surface area contributed by atoms with Crippen LogP contribution >= 0.6 is 0 Å². The molecule has 13 heteroatoms. The van der Waals surface area contributed by atoms with Gasteiger partial charge in [0.15, 0.2) is 23.3 Å². The monoisotopic (exact) mass is 482 g/mol. The molecule has 0 bridgehead atoms. The SMILES string of the molecule is CO.O=C(C(F)F)C1CC(=O)N(c2ccccc2)N=C1c1c(F)c(F)c(C(F)F)c(F)c1F. The number of rotatable bonds is 5. The lowest BCUT2D eigenvalue weighted by atomic mass is 9.87. The van der Waals surface area contributed by atoms with Crippen molar-refractivity contribution in [1.82, 2.24) is 0 Å².